The number of aromatic nitrogens is 2. The fourth-order valence-corrected chi connectivity index (χ4v) is 2.02. The Hall–Kier alpha value is -2.22. The van der Waals surface area contributed by atoms with Gasteiger partial charge in [0.2, 0.25) is 0 Å². The molecule has 16 heavy (non-hydrogen) atoms. The minimum atomic E-state index is 0.940. The molecule has 0 bridgehead atoms. The molecule has 3 aromatic rings. The summed E-state index contributed by atoms with van der Waals surface area (Å²) in [6, 6.07) is 12.3. The van der Waals surface area contributed by atoms with E-state index >= 15 is 0 Å². The van der Waals surface area contributed by atoms with Crippen LogP contribution in [0.1, 0.15) is 5.56 Å². The molecule has 3 rings (SSSR count). The summed E-state index contributed by atoms with van der Waals surface area (Å²) in [4.78, 5) is 0. The minimum absolute atomic E-state index is 0.940. The second-order valence-corrected chi connectivity index (χ2v) is 3.68. The molecule has 0 saturated carbocycles. The van der Waals surface area contributed by atoms with Gasteiger partial charge in [-0.05, 0) is 17.0 Å². The third-order valence-corrected chi connectivity index (χ3v) is 2.78. The third-order valence-electron chi connectivity index (χ3n) is 2.78. The van der Waals surface area contributed by atoms with Gasteiger partial charge in [-0.15, -0.1) is 5.10 Å². The van der Waals surface area contributed by atoms with Crippen LogP contribution < -0.4 is 0 Å². The van der Waals surface area contributed by atoms with Crippen molar-refractivity contribution in [2.75, 3.05) is 0 Å². The Kier molecular flexibility index (Phi) is 1.93. The van der Waals surface area contributed by atoms with Crippen LogP contribution in [0.5, 0.6) is 0 Å². The summed E-state index contributed by atoms with van der Waals surface area (Å²) in [5.74, 6) is 0. The molecule has 76 valence electrons. The van der Waals surface area contributed by atoms with E-state index in [9.17, 15) is 0 Å². The molecule has 2 nitrogen and oxygen atoms in total. The quantitative estimate of drug-likeness (QED) is 0.570. The average molecular weight is 206 g/mol. The number of fused-ring (bicyclic) bond motifs is 3. The predicted octanol–water partition coefficient (Wildman–Crippen LogP) is 3.43. The molecule has 1 aromatic heterocycles. The second kappa shape index (κ2) is 3.42. The van der Waals surface area contributed by atoms with Crippen LogP contribution in [0.3, 0.4) is 0 Å². The van der Waals surface area contributed by atoms with Crippen molar-refractivity contribution in [1.29, 1.82) is 0 Å². The minimum Gasteiger partial charge on any atom is -0.158 e. The number of hydrogen-bond donors (Lipinski definition) is 0. The van der Waals surface area contributed by atoms with Crippen molar-refractivity contribution in [3.8, 4) is 0 Å². The first-order valence-corrected chi connectivity index (χ1v) is 5.16. The fraction of sp³-hybridized carbons (Fsp3) is 0. The summed E-state index contributed by atoms with van der Waals surface area (Å²) in [5.41, 5.74) is 2.04. The summed E-state index contributed by atoms with van der Waals surface area (Å²) in [5, 5.41) is 11.6. The maximum absolute atomic E-state index is 4.22. The van der Waals surface area contributed by atoms with E-state index in [4.69, 9.17) is 0 Å². The standard InChI is InChI=1S/C14H10N2/c1-2-10-4-3-5-11-6-7-12-8-9-15-16-14(12)13(10)11/h2-9H,1H2. The molecule has 2 aromatic carbocycles. The van der Waals surface area contributed by atoms with Gasteiger partial charge in [-0.1, -0.05) is 43.0 Å². The van der Waals surface area contributed by atoms with Crippen LogP contribution in [0.4, 0.5) is 0 Å². The van der Waals surface area contributed by atoms with Crippen LogP contribution in [0.25, 0.3) is 27.8 Å². The van der Waals surface area contributed by atoms with Gasteiger partial charge in [-0.3, -0.25) is 0 Å². The summed E-state index contributed by atoms with van der Waals surface area (Å²) in [6.45, 7) is 3.84. The molecular weight excluding hydrogens is 196 g/mol. The topological polar surface area (TPSA) is 25.8 Å². The zero-order valence-electron chi connectivity index (χ0n) is 8.72. The SMILES string of the molecule is C=Cc1cccc2ccc3ccnnc3c12. The van der Waals surface area contributed by atoms with E-state index in [0.717, 1.165) is 21.9 Å². The Morgan fingerprint density at radius 1 is 1.00 bits per heavy atom. The summed E-state index contributed by atoms with van der Waals surface area (Å²) >= 11 is 0. The molecule has 0 saturated heterocycles. The number of hydrogen-bond acceptors (Lipinski definition) is 2. The highest BCUT2D eigenvalue weighted by molar-refractivity contribution is 6.08. The molecular formula is C14H10N2. The van der Waals surface area contributed by atoms with Gasteiger partial charge in [-0.25, -0.2) is 0 Å². The molecule has 0 radical (unpaired) electrons. The second-order valence-electron chi connectivity index (χ2n) is 3.68. The lowest BCUT2D eigenvalue weighted by molar-refractivity contribution is 1.08. The van der Waals surface area contributed by atoms with Gasteiger partial charge in [0.05, 0.1) is 6.20 Å². The van der Waals surface area contributed by atoms with E-state index in [1.54, 1.807) is 6.20 Å². The van der Waals surface area contributed by atoms with Crippen molar-refractivity contribution in [3.63, 3.8) is 0 Å². The van der Waals surface area contributed by atoms with E-state index < -0.39 is 0 Å². The van der Waals surface area contributed by atoms with Crippen molar-refractivity contribution in [2.24, 2.45) is 0 Å². The molecule has 1 heterocycles. The van der Waals surface area contributed by atoms with Crippen molar-refractivity contribution in [1.82, 2.24) is 10.2 Å². The lowest BCUT2D eigenvalue weighted by atomic mass is 10.0. The van der Waals surface area contributed by atoms with E-state index in [0.29, 0.717) is 0 Å². The van der Waals surface area contributed by atoms with Gasteiger partial charge in [0.15, 0.2) is 0 Å². The Morgan fingerprint density at radius 2 is 1.88 bits per heavy atom. The molecule has 0 aliphatic heterocycles. The van der Waals surface area contributed by atoms with Gasteiger partial charge in [-0.2, -0.15) is 5.10 Å². The van der Waals surface area contributed by atoms with Gasteiger partial charge in [0.25, 0.3) is 0 Å². The molecule has 2 heteroatoms. The van der Waals surface area contributed by atoms with E-state index in [1.165, 1.54) is 5.39 Å². The number of benzene rings is 2. The Bertz CT molecular complexity index is 686. The first kappa shape index (κ1) is 9.04. The van der Waals surface area contributed by atoms with Crippen molar-refractivity contribution in [3.05, 3.63) is 54.7 Å². The third kappa shape index (κ3) is 1.20. The molecule has 0 aliphatic rings. The zero-order chi connectivity index (χ0) is 11.0. The number of rotatable bonds is 1. The molecule has 0 atom stereocenters. The van der Waals surface area contributed by atoms with Gasteiger partial charge in [0, 0.05) is 10.8 Å². The van der Waals surface area contributed by atoms with Crippen molar-refractivity contribution in [2.45, 2.75) is 0 Å². The van der Waals surface area contributed by atoms with E-state index in [1.807, 2.05) is 24.3 Å². The average Bonchev–Trinajstić information content (AvgIpc) is 2.37. The van der Waals surface area contributed by atoms with Gasteiger partial charge >= 0.3 is 0 Å². The van der Waals surface area contributed by atoms with Gasteiger partial charge in [0.1, 0.15) is 5.52 Å². The van der Waals surface area contributed by atoms with E-state index in [-0.39, 0.29) is 0 Å². The van der Waals surface area contributed by atoms with Crippen LogP contribution >= 0.6 is 0 Å². The first-order chi connectivity index (χ1) is 7.90. The van der Waals surface area contributed by atoms with Crippen LogP contribution in [0, 0.1) is 0 Å². The summed E-state index contributed by atoms with van der Waals surface area (Å²) < 4.78 is 0. The Labute approximate surface area is 93.2 Å². The summed E-state index contributed by atoms with van der Waals surface area (Å²) in [7, 11) is 0. The Morgan fingerprint density at radius 3 is 2.75 bits per heavy atom. The zero-order valence-corrected chi connectivity index (χ0v) is 8.72. The van der Waals surface area contributed by atoms with Crippen LogP contribution in [-0.2, 0) is 0 Å². The summed E-state index contributed by atoms with van der Waals surface area (Å²) in [6.07, 6.45) is 3.57. The fourth-order valence-electron chi connectivity index (χ4n) is 2.02. The van der Waals surface area contributed by atoms with Crippen molar-refractivity contribution < 1.29 is 0 Å². The molecule has 0 aliphatic carbocycles. The van der Waals surface area contributed by atoms with Crippen molar-refractivity contribution >= 4 is 27.8 Å². The largest absolute Gasteiger partial charge is 0.158 e. The lowest BCUT2D eigenvalue weighted by Crippen LogP contribution is -1.86. The van der Waals surface area contributed by atoms with Gasteiger partial charge < -0.3 is 0 Å². The van der Waals surface area contributed by atoms with Crippen LogP contribution in [-0.4, -0.2) is 10.2 Å². The van der Waals surface area contributed by atoms with Crippen LogP contribution in [0.15, 0.2) is 49.2 Å². The predicted molar refractivity (Wildman–Crippen MR) is 67.1 cm³/mol. The van der Waals surface area contributed by atoms with Crippen LogP contribution in [0.2, 0.25) is 0 Å². The van der Waals surface area contributed by atoms with E-state index in [2.05, 4.69) is 35.0 Å². The lowest BCUT2D eigenvalue weighted by Gasteiger charge is -2.05. The highest BCUT2D eigenvalue weighted by atomic mass is 15.1. The number of nitrogens with zero attached hydrogens (tertiary/aromatic N) is 2. The highest BCUT2D eigenvalue weighted by Crippen LogP contribution is 2.26. The maximum atomic E-state index is 4.22. The molecule has 0 unspecified atom stereocenters. The molecule has 0 amide bonds. The highest BCUT2D eigenvalue weighted by Gasteiger charge is 2.04. The molecule has 0 spiro atoms. The molecule has 0 N–H and O–H groups in total. The molecule has 0 fully saturated rings. The maximum Gasteiger partial charge on any atom is 0.101 e. The Balaban J connectivity index is 2.62. The smallest absolute Gasteiger partial charge is 0.101 e. The monoisotopic (exact) mass is 206 g/mol. The first-order valence-electron chi connectivity index (χ1n) is 5.16. The normalized spacial score (nSPS) is 10.8.